The molecule has 144 valence electrons. The van der Waals surface area contributed by atoms with Gasteiger partial charge < -0.3 is 9.80 Å². The molecule has 0 bridgehead atoms. The second-order valence-corrected chi connectivity index (χ2v) is 7.91. The first-order valence-corrected chi connectivity index (χ1v) is 10.1. The van der Waals surface area contributed by atoms with Crippen LogP contribution in [-0.4, -0.2) is 58.2 Å². The molecule has 2 aliphatic heterocycles. The molecule has 6 nitrogen and oxygen atoms in total. The second-order valence-electron chi connectivity index (χ2n) is 7.91. The number of piperazine rings is 1. The van der Waals surface area contributed by atoms with Crippen LogP contribution in [0.3, 0.4) is 0 Å². The Bertz CT molecular complexity index is 729. The zero-order chi connectivity index (χ0) is 19.0. The monoisotopic (exact) mass is 369 g/mol. The van der Waals surface area contributed by atoms with E-state index in [-0.39, 0.29) is 29.8 Å². The van der Waals surface area contributed by atoms with Crippen molar-refractivity contribution in [3.8, 4) is 0 Å². The first-order valence-electron chi connectivity index (χ1n) is 10.1. The number of carbonyl (C=O) groups is 3. The molecule has 2 atom stereocenters. The van der Waals surface area contributed by atoms with Crippen LogP contribution < -0.4 is 0 Å². The van der Waals surface area contributed by atoms with Gasteiger partial charge in [-0.15, -0.1) is 0 Å². The van der Waals surface area contributed by atoms with Crippen LogP contribution in [0, 0.1) is 5.92 Å². The van der Waals surface area contributed by atoms with Gasteiger partial charge >= 0.3 is 6.03 Å². The number of carbonyl (C=O) groups excluding carboxylic acids is 3. The van der Waals surface area contributed by atoms with E-state index in [1.54, 1.807) is 4.90 Å². The highest BCUT2D eigenvalue weighted by molar-refractivity contribution is 6.05. The van der Waals surface area contributed by atoms with Gasteiger partial charge in [-0.1, -0.05) is 49.6 Å². The Kier molecular flexibility index (Phi) is 4.89. The molecule has 1 aromatic carbocycles. The number of hydrogen-bond donors (Lipinski definition) is 0. The predicted molar refractivity (Wildman–Crippen MR) is 101 cm³/mol. The third kappa shape index (κ3) is 3.22. The van der Waals surface area contributed by atoms with Gasteiger partial charge in [0.2, 0.25) is 5.91 Å². The van der Waals surface area contributed by atoms with Crippen molar-refractivity contribution in [3.63, 3.8) is 0 Å². The lowest BCUT2D eigenvalue weighted by molar-refractivity contribution is -0.140. The predicted octanol–water partition coefficient (Wildman–Crippen LogP) is 2.80. The average molecular weight is 369 g/mol. The van der Waals surface area contributed by atoms with Crippen molar-refractivity contribution in [2.75, 3.05) is 19.6 Å². The molecule has 1 aliphatic carbocycles. The molecule has 0 unspecified atom stereocenters. The van der Waals surface area contributed by atoms with E-state index in [4.69, 9.17) is 0 Å². The van der Waals surface area contributed by atoms with Gasteiger partial charge in [0.25, 0.3) is 5.91 Å². The Balaban J connectivity index is 1.48. The summed E-state index contributed by atoms with van der Waals surface area (Å²) < 4.78 is 0. The van der Waals surface area contributed by atoms with Crippen molar-refractivity contribution in [3.05, 3.63) is 35.9 Å². The summed E-state index contributed by atoms with van der Waals surface area (Å²) in [5.74, 6) is 0.0820. The van der Waals surface area contributed by atoms with Crippen LogP contribution in [0.25, 0.3) is 0 Å². The largest absolute Gasteiger partial charge is 0.338 e. The number of amides is 4. The van der Waals surface area contributed by atoms with Crippen molar-refractivity contribution >= 4 is 17.8 Å². The molecule has 3 aliphatic rings. The van der Waals surface area contributed by atoms with Crippen LogP contribution in [0.1, 0.15) is 50.6 Å². The number of nitrogens with zero attached hydrogens (tertiary/aromatic N) is 3. The zero-order valence-corrected chi connectivity index (χ0v) is 15.8. The lowest BCUT2D eigenvalue weighted by Crippen LogP contribution is -2.55. The zero-order valence-electron chi connectivity index (χ0n) is 15.8. The number of fused-ring (bicyclic) bond motifs is 1. The summed E-state index contributed by atoms with van der Waals surface area (Å²) in [7, 11) is 0. The molecular formula is C21H27N3O3. The Hall–Kier alpha value is -2.37. The van der Waals surface area contributed by atoms with E-state index in [9.17, 15) is 14.4 Å². The molecule has 0 aromatic heterocycles. The van der Waals surface area contributed by atoms with Crippen molar-refractivity contribution in [2.45, 2.75) is 51.1 Å². The first-order chi connectivity index (χ1) is 13.1. The fraction of sp³-hybridized carbons (Fsp3) is 0.571. The Morgan fingerprint density at radius 1 is 1.04 bits per heavy atom. The van der Waals surface area contributed by atoms with Crippen LogP contribution in [-0.2, 0) is 9.59 Å². The summed E-state index contributed by atoms with van der Waals surface area (Å²) in [5.41, 5.74) is 0.939. The van der Waals surface area contributed by atoms with Gasteiger partial charge in [-0.25, -0.2) is 4.79 Å². The average Bonchev–Trinajstić information content (AvgIpc) is 2.98. The fourth-order valence-corrected chi connectivity index (χ4v) is 4.66. The Labute approximate surface area is 160 Å². The summed E-state index contributed by atoms with van der Waals surface area (Å²) in [5, 5.41) is 0. The molecule has 2 heterocycles. The molecule has 0 spiro atoms. The third-order valence-corrected chi connectivity index (χ3v) is 6.29. The molecule has 6 heteroatoms. The highest BCUT2D eigenvalue weighted by atomic mass is 16.2. The van der Waals surface area contributed by atoms with Gasteiger partial charge in [0.1, 0.15) is 6.04 Å². The van der Waals surface area contributed by atoms with Crippen LogP contribution >= 0.6 is 0 Å². The molecule has 1 saturated carbocycles. The lowest BCUT2D eigenvalue weighted by Gasteiger charge is -2.37. The van der Waals surface area contributed by atoms with Crippen molar-refractivity contribution in [1.29, 1.82) is 0 Å². The fourth-order valence-electron chi connectivity index (χ4n) is 4.66. The minimum Gasteiger partial charge on any atom is -0.338 e. The van der Waals surface area contributed by atoms with E-state index in [0.717, 1.165) is 31.2 Å². The molecule has 27 heavy (non-hydrogen) atoms. The molecule has 3 fully saturated rings. The second kappa shape index (κ2) is 7.33. The van der Waals surface area contributed by atoms with Gasteiger partial charge in [0.05, 0.1) is 12.6 Å². The summed E-state index contributed by atoms with van der Waals surface area (Å²) in [6, 6.07) is 8.53. The van der Waals surface area contributed by atoms with Crippen LogP contribution in [0.2, 0.25) is 0 Å². The number of imide groups is 1. The van der Waals surface area contributed by atoms with Crippen molar-refractivity contribution in [2.24, 2.45) is 5.92 Å². The number of hydrogen-bond acceptors (Lipinski definition) is 3. The van der Waals surface area contributed by atoms with E-state index in [0.29, 0.717) is 19.6 Å². The third-order valence-electron chi connectivity index (χ3n) is 6.29. The van der Waals surface area contributed by atoms with E-state index in [1.165, 1.54) is 11.3 Å². The van der Waals surface area contributed by atoms with Crippen LogP contribution in [0.5, 0.6) is 0 Å². The molecule has 1 aromatic rings. The van der Waals surface area contributed by atoms with Gasteiger partial charge in [0.15, 0.2) is 0 Å². The maximum atomic E-state index is 13.0. The standard InChI is InChI=1S/C21H27N3O3/c1-15(16-8-4-2-5-9-16)24-20(26)18-14-22(12-13-23(18)21(24)27)19(25)17-10-6-3-7-11-17/h2,4-5,8-9,15,17-18H,3,6-7,10-14H2,1H3/t15-,18+/m0/s1. The molecule has 0 radical (unpaired) electrons. The quantitative estimate of drug-likeness (QED) is 0.770. The highest BCUT2D eigenvalue weighted by Gasteiger charge is 2.50. The van der Waals surface area contributed by atoms with E-state index >= 15 is 0 Å². The SMILES string of the molecule is C[C@@H](c1ccccc1)N1C(=O)[C@H]2CN(C(=O)C3CCCCC3)CCN2C1=O. The van der Waals surface area contributed by atoms with Crippen molar-refractivity contribution < 1.29 is 14.4 Å². The normalized spacial score (nSPS) is 24.9. The summed E-state index contributed by atoms with van der Waals surface area (Å²) >= 11 is 0. The Morgan fingerprint density at radius 2 is 1.74 bits per heavy atom. The first kappa shape index (κ1) is 18.0. The summed E-state index contributed by atoms with van der Waals surface area (Å²) in [4.78, 5) is 43.6. The smallest absolute Gasteiger partial charge is 0.328 e. The van der Waals surface area contributed by atoms with E-state index in [2.05, 4.69) is 0 Å². The van der Waals surface area contributed by atoms with Gasteiger partial charge in [-0.3, -0.25) is 14.5 Å². The number of rotatable bonds is 3. The number of urea groups is 1. The van der Waals surface area contributed by atoms with Gasteiger partial charge in [-0.2, -0.15) is 0 Å². The summed E-state index contributed by atoms with van der Waals surface area (Å²) in [6.45, 7) is 3.18. The minimum absolute atomic E-state index is 0.0943. The maximum absolute atomic E-state index is 13.0. The van der Waals surface area contributed by atoms with Crippen LogP contribution in [0.4, 0.5) is 4.79 Å². The van der Waals surface area contributed by atoms with Crippen LogP contribution in [0.15, 0.2) is 30.3 Å². The highest BCUT2D eigenvalue weighted by Crippen LogP contribution is 2.32. The maximum Gasteiger partial charge on any atom is 0.328 e. The van der Waals surface area contributed by atoms with Gasteiger partial charge in [-0.05, 0) is 25.3 Å². The minimum atomic E-state index is -0.537. The molecule has 2 saturated heterocycles. The van der Waals surface area contributed by atoms with E-state index < -0.39 is 6.04 Å². The topological polar surface area (TPSA) is 60.9 Å². The Morgan fingerprint density at radius 3 is 2.44 bits per heavy atom. The summed E-state index contributed by atoms with van der Waals surface area (Å²) in [6.07, 6.45) is 5.33. The lowest BCUT2D eigenvalue weighted by atomic mass is 9.88. The molecule has 4 rings (SSSR count). The molecule has 4 amide bonds. The number of benzene rings is 1. The van der Waals surface area contributed by atoms with Gasteiger partial charge in [0, 0.05) is 19.0 Å². The van der Waals surface area contributed by atoms with Crippen molar-refractivity contribution in [1.82, 2.24) is 14.7 Å². The molecule has 0 N–H and O–H groups in total. The molecular weight excluding hydrogens is 342 g/mol. The van der Waals surface area contributed by atoms with E-state index in [1.807, 2.05) is 42.2 Å².